The third kappa shape index (κ3) is 11.4. The number of unbranched alkanes of at least 4 members (excludes halogenated alkanes) is 1. The first-order valence-electron chi connectivity index (χ1n) is 12.9. The number of benzene rings is 1. The van der Waals surface area contributed by atoms with Gasteiger partial charge in [-0.3, -0.25) is 4.79 Å². The lowest BCUT2D eigenvalue weighted by atomic mass is 9.81. The van der Waals surface area contributed by atoms with Crippen LogP contribution in [0.4, 0.5) is 0 Å². The molecule has 35 heavy (non-hydrogen) atoms. The number of aliphatic hydroxyl groups excluding tert-OH is 1. The molecule has 1 aromatic carbocycles. The van der Waals surface area contributed by atoms with Crippen LogP contribution >= 0.6 is 0 Å². The molecule has 0 radical (unpaired) electrons. The van der Waals surface area contributed by atoms with E-state index in [0.717, 1.165) is 36.8 Å². The molecular formula is C28H48N2O5. The minimum atomic E-state index is -1.02. The van der Waals surface area contributed by atoms with Gasteiger partial charge in [-0.15, -0.1) is 0 Å². The first kappa shape index (κ1) is 30.9. The topological polar surface area (TPSA) is 111 Å². The van der Waals surface area contributed by atoms with Crippen LogP contribution in [0.25, 0.3) is 0 Å². The lowest BCUT2D eigenvalue weighted by molar-refractivity contribution is -0.143. The van der Waals surface area contributed by atoms with E-state index in [9.17, 15) is 14.7 Å². The van der Waals surface area contributed by atoms with Crippen molar-refractivity contribution in [3.8, 4) is 5.75 Å². The molecule has 4 N–H and O–H groups in total. The van der Waals surface area contributed by atoms with Gasteiger partial charge in [-0.1, -0.05) is 60.1 Å². The molecule has 0 aliphatic rings. The van der Waals surface area contributed by atoms with E-state index in [-0.39, 0.29) is 24.0 Å². The maximum Gasteiger partial charge on any atom is 0.343 e. The zero-order valence-corrected chi connectivity index (χ0v) is 22.9. The molecule has 7 nitrogen and oxygen atoms in total. The van der Waals surface area contributed by atoms with Crippen LogP contribution in [0, 0.1) is 11.8 Å². The number of hydrogen-bond acceptors (Lipinski definition) is 6. The molecule has 1 rings (SSSR count). The van der Waals surface area contributed by atoms with Gasteiger partial charge in [0.15, 0.2) is 6.61 Å². The highest BCUT2D eigenvalue weighted by atomic mass is 16.6. The average molecular weight is 493 g/mol. The van der Waals surface area contributed by atoms with Crippen LogP contribution in [0.2, 0.25) is 0 Å². The molecule has 7 heteroatoms. The molecule has 1 aromatic rings. The van der Waals surface area contributed by atoms with Gasteiger partial charge in [-0.2, -0.15) is 0 Å². The van der Waals surface area contributed by atoms with Gasteiger partial charge in [0, 0.05) is 12.6 Å². The molecule has 0 saturated carbocycles. The van der Waals surface area contributed by atoms with Crippen molar-refractivity contribution < 1.29 is 24.2 Å². The Morgan fingerprint density at radius 3 is 2.43 bits per heavy atom. The Hall–Kier alpha value is -2.12. The maximum absolute atomic E-state index is 12.0. The second-order valence-corrected chi connectivity index (χ2v) is 10.9. The Labute approximate surface area is 212 Å². The van der Waals surface area contributed by atoms with E-state index in [0.29, 0.717) is 37.0 Å². The second kappa shape index (κ2) is 15.1. The molecule has 0 aliphatic carbocycles. The van der Waals surface area contributed by atoms with Crippen LogP contribution in [0.15, 0.2) is 18.2 Å². The SMILES string of the molecule is CCCCNC(=O)[C@@H](O)CC[C@H](N)C[C@H](Cc1ccc(C(C)(C)C)c(OCC(=O)OC)c1)C(C)C. The third-order valence-corrected chi connectivity index (χ3v) is 6.42. The molecule has 0 spiro atoms. The Kier molecular flexibility index (Phi) is 13.3. The highest BCUT2D eigenvalue weighted by Gasteiger charge is 2.23. The maximum atomic E-state index is 12.0. The van der Waals surface area contributed by atoms with Crippen LogP contribution in [0.5, 0.6) is 5.75 Å². The Morgan fingerprint density at radius 2 is 1.86 bits per heavy atom. The number of carbonyl (C=O) groups excluding carboxylic acids is 2. The predicted octanol–water partition coefficient (Wildman–Crippen LogP) is 4.13. The molecular weight excluding hydrogens is 444 g/mol. The van der Waals surface area contributed by atoms with E-state index in [1.54, 1.807) is 0 Å². The van der Waals surface area contributed by atoms with Gasteiger partial charge in [-0.25, -0.2) is 4.79 Å². The second-order valence-electron chi connectivity index (χ2n) is 10.9. The number of hydrogen-bond donors (Lipinski definition) is 3. The van der Waals surface area contributed by atoms with Crippen LogP contribution in [0.1, 0.15) is 84.8 Å². The van der Waals surface area contributed by atoms with E-state index in [1.807, 2.05) is 6.07 Å². The molecule has 0 aliphatic heterocycles. The minimum absolute atomic E-state index is 0.107. The van der Waals surface area contributed by atoms with E-state index in [1.165, 1.54) is 7.11 Å². The number of nitrogens with one attached hydrogen (secondary N) is 1. The fourth-order valence-corrected chi connectivity index (χ4v) is 4.04. The van der Waals surface area contributed by atoms with Crippen molar-refractivity contribution in [2.24, 2.45) is 17.6 Å². The monoisotopic (exact) mass is 492 g/mol. The number of amides is 1. The summed E-state index contributed by atoms with van der Waals surface area (Å²) in [5, 5.41) is 12.9. The van der Waals surface area contributed by atoms with Gasteiger partial charge in [0.1, 0.15) is 11.9 Å². The van der Waals surface area contributed by atoms with Crippen molar-refractivity contribution in [1.29, 1.82) is 0 Å². The van der Waals surface area contributed by atoms with Gasteiger partial charge in [0.05, 0.1) is 7.11 Å². The number of carbonyl (C=O) groups is 2. The van der Waals surface area contributed by atoms with Crippen LogP contribution in [0.3, 0.4) is 0 Å². The van der Waals surface area contributed by atoms with E-state index >= 15 is 0 Å². The summed E-state index contributed by atoms with van der Waals surface area (Å²) in [6, 6.07) is 6.11. The summed E-state index contributed by atoms with van der Waals surface area (Å²) in [5.74, 6) is 0.705. The van der Waals surface area contributed by atoms with Crippen molar-refractivity contribution in [3.63, 3.8) is 0 Å². The quantitative estimate of drug-likeness (QED) is 0.251. The molecule has 0 fully saturated rings. The smallest absolute Gasteiger partial charge is 0.343 e. The predicted molar refractivity (Wildman–Crippen MR) is 140 cm³/mol. The van der Waals surface area contributed by atoms with E-state index in [4.69, 9.17) is 15.2 Å². The summed E-state index contributed by atoms with van der Waals surface area (Å²) in [6.07, 6.45) is 3.44. The lowest BCUT2D eigenvalue weighted by Crippen LogP contribution is -2.36. The van der Waals surface area contributed by atoms with E-state index < -0.39 is 12.1 Å². The zero-order valence-electron chi connectivity index (χ0n) is 22.9. The molecule has 0 bridgehead atoms. The van der Waals surface area contributed by atoms with Gasteiger partial charge in [-0.05, 0) is 66.5 Å². The molecule has 1 amide bonds. The van der Waals surface area contributed by atoms with Crippen molar-refractivity contribution in [3.05, 3.63) is 29.3 Å². The molecule has 0 heterocycles. The van der Waals surface area contributed by atoms with Gasteiger partial charge >= 0.3 is 5.97 Å². The lowest BCUT2D eigenvalue weighted by Gasteiger charge is -2.27. The van der Waals surface area contributed by atoms with Gasteiger partial charge < -0.3 is 25.6 Å². The molecule has 0 saturated heterocycles. The molecule has 3 atom stereocenters. The Morgan fingerprint density at radius 1 is 1.17 bits per heavy atom. The highest BCUT2D eigenvalue weighted by Crippen LogP contribution is 2.34. The van der Waals surface area contributed by atoms with Crippen molar-refractivity contribution in [2.75, 3.05) is 20.3 Å². The first-order chi connectivity index (χ1) is 16.4. The fourth-order valence-electron chi connectivity index (χ4n) is 4.04. The van der Waals surface area contributed by atoms with Crippen LogP contribution in [-0.4, -0.2) is 49.4 Å². The van der Waals surface area contributed by atoms with Crippen LogP contribution < -0.4 is 15.8 Å². The fraction of sp³-hybridized carbons (Fsp3) is 0.714. The third-order valence-electron chi connectivity index (χ3n) is 6.42. The summed E-state index contributed by atoms with van der Waals surface area (Å²) in [7, 11) is 1.35. The minimum Gasteiger partial charge on any atom is -0.482 e. The van der Waals surface area contributed by atoms with Gasteiger partial charge in [0.25, 0.3) is 0 Å². The summed E-state index contributed by atoms with van der Waals surface area (Å²) >= 11 is 0. The largest absolute Gasteiger partial charge is 0.482 e. The van der Waals surface area contributed by atoms with Gasteiger partial charge in [0.2, 0.25) is 5.91 Å². The summed E-state index contributed by atoms with van der Waals surface area (Å²) < 4.78 is 10.6. The number of nitrogens with two attached hydrogens (primary N) is 1. The molecule has 0 aromatic heterocycles. The highest BCUT2D eigenvalue weighted by molar-refractivity contribution is 5.80. The summed E-state index contributed by atoms with van der Waals surface area (Å²) in [5.41, 5.74) is 8.45. The number of methoxy groups -OCH3 is 1. The zero-order chi connectivity index (χ0) is 26.6. The van der Waals surface area contributed by atoms with Crippen molar-refractivity contribution >= 4 is 11.9 Å². The first-order valence-corrected chi connectivity index (χ1v) is 12.9. The van der Waals surface area contributed by atoms with Crippen molar-refractivity contribution in [1.82, 2.24) is 5.32 Å². The number of rotatable bonds is 15. The molecule has 200 valence electrons. The van der Waals surface area contributed by atoms with Crippen molar-refractivity contribution in [2.45, 2.75) is 97.6 Å². The van der Waals surface area contributed by atoms with E-state index in [2.05, 4.69) is 59.0 Å². The molecule has 0 unspecified atom stereocenters. The average Bonchev–Trinajstić information content (AvgIpc) is 2.79. The Bertz CT molecular complexity index is 788. The number of ether oxygens (including phenoxy) is 2. The number of esters is 1. The van der Waals surface area contributed by atoms with Crippen LogP contribution in [-0.2, 0) is 26.2 Å². The standard InChI is InChI=1S/C28H48N2O5/c1-8-9-14-30-27(33)24(31)13-11-22(29)17-21(19(2)3)15-20-10-12-23(28(4,5)6)25(16-20)35-18-26(32)34-7/h10,12,16,19,21-22,24,31H,8-9,11,13-15,17-18,29H2,1-7H3,(H,30,33)/t21-,22-,24-/m0/s1. The Balaban J connectivity index is 2.81. The summed E-state index contributed by atoms with van der Waals surface area (Å²) in [6.45, 7) is 13.2. The number of aliphatic hydroxyl groups is 1. The normalized spacial score (nSPS) is 14.3. The summed E-state index contributed by atoms with van der Waals surface area (Å²) in [4.78, 5) is 23.6.